The van der Waals surface area contributed by atoms with Gasteiger partial charge in [0.2, 0.25) is 5.89 Å². The van der Waals surface area contributed by atoms with E-state index in [9.17, 15) is 9.18 Å². The molecule has 1 aliphatic heterocycles. The number of halogens is 1. The number of aryl methyl sites for hydroxylation is 1. The molecule has 0 radical (unpaired) electrons. The first kappa shape index (κ1) is 19.3. The molecule has 5 aromatic heterocycles. The predicted octanol–water partition coefficient (Wildman–Crippen LogP) is 2.74. The zero-order valence-electron chi connectivity index (χ0n) is 17.4. The molecule has 6 heterocycles. The molecule has 0 spiro atoms. The van der Waals surface area contributed by atoms with Crippen LogP contribution in [0.25, 0.3) is 17.0 Å². The summed E-state index contributed by atoms with van der Waals surface area (Å²) in [7, 11) is 0. The number of carbonyl (C=O) groups excluding carboxylic acids is 1. The second-order valence-corrected chi connectivity index (χ2v) is 7.72. The molecule has 0 fully saturated rings. The largest absolute Gasteiger partial charge is 0.412 e. The molecule has 1 N–H and O–H groups in total. The molecule has 1 atom stereocenters. The topological polar surface area (TPSA) is 118 Å². The van der Waals surface area contributed by atoms with Crippen molar-refractivity contribution in [3.63, 3.8) is 0 Å². The lowest BCUT2D eigenvalue weighted by atomic mass is 9.99. The Morgan fingerprint density at radius 1 is 1.24 bits per heavy atom. The summed E-state index contributed by atoms with van der Waals surface area (Å²) in [6, 6.07) is 7.49. The van der Waals surface area contributed by atoms with Gasteiger partial charge in [-0.05, 0) is 37.3 Å². The number of hydrogen-bond acceptors (Lipinski definition) is 7. The number of hydrogen-bond donors (Lipinski definition) is 1. The van der Waals surface area contributed by atoms with E-state index in [4.69, 9.17) is 4.42 Å². The molecule has 10 nitrogen and oxygen atoms in total. The van der Waals surface area contributed by atoms with Gasteiger partial charge in [0.25, 0.3) is 0 Å². The van der Waals surface area contributed by atoms with E-state index in [2.05, 4.69) is 30.2 Å². The molecule has 0 saturated heterocycles. The quantitative estimate of drug-likeness (QED) is 0.455. The van der Waals surface area contributed by atoms with Crippen molar-refractivity contribution in [2.45, 2.75) is 19.4 Å². The zero-order chi connectivity index (χ0) is 22.5. The van der Waals surface area contributed by atoms with E-state index < -0.39 is 17.8 Å². The fourth-order valence-corrected chi connectivity index (χ4v) is 4.18. The van der Waals surface area contributed by atoms with Crippen LogP contribution >= 0.6 is 0 Å². The van der Waals surface area contributed by atoms with Gasteiger partial charge in [0.15, 0.2) is 0 Å². The molecule has 0 bridgehead atoms. The maximum Gasteiger partial charge on any atom is 0.312 e. The summed E-state index contributed by atoms with van der Waals surface area (Å²) < 4.78 is 21.5. The third-order valence-electron chi connectivity index (χ3n) is 5.78. The second kappa shape index (κ2) is 7.33. The number of pyridine rings is 2. The van der Waals surface area contributed by atoms with Crippen LogP contribution in [0.3, 0.4) is 0 Å². The standard InChI is InChI=1S/C22H17FN8O2/c1-12-13(4-2-7-24-12)20-27-28-21(33-20)22(32)30-9-6-15-18(26-11-25-15)19(30)16-10-17-14(23)5-3-8-31(17)29-16/h2-5,7-8,10-11,19H,6,9H2,1H3,(H,25,26)/t19-/m1/s1. The normalized spacial score (nSPS) is 15.7. The number of imidazole rings is 1. The minimum atomic E-state index is -0.637. The van der Waals surface area contributed by atoms with Crippen LogP contribution in [0, 0.1) is 12.7 Å². The average molecular weight is 444 g/mol. The summed E-state index contributed by atoms with van der Waals surface area (Å²) in [6.45, 7) is 2.20. The average Bonchev–Trinajstić information content (AvgIpc) is 3.57. The molecule has 5 aromatic rings. The van der Waals surface area contributed by atoms with Crippen LogP contribution in [0.5, 0.6) is 0 Å². The summed E-state index contributed by atoms with van der Waals surface area (Å²) in [5, 5.41) is 12.6. The van der Waals surface area contributed by atoms with Crippen LogP contribution in [-0.2, 0) is 6.42 Å². The van der Waals surface area contributed by atoms with Crippen LogP contribution in [-0.4, -0.2) is 52.1 Å². The lowest BCUT2D eigenvalue weighted by Gasteiger charge is -2.32. The van der Waals surface area contributed by atoms with Gasteiger partial charge >= 0.3 is 11.8 Å². The predicted molar refractivity (Wildman–Crippen MR) is 113 cm³/mol. The molecule has 11 heteroatoms. The Morgan fingerprint density at radius 2 is 2.15 bits per heavy atom. The zero-order valence-corrected chi connectivity index (χ0v) is 17.4. The number of nitrogens with zero attached hydrogens (tertiary/aromatic N) is 7. The van der Waals surface area contributed by atoms with Crippen molar-refractivity contribution in [1.82, 2.24) is 39.7 Å². The van der Waals surface area contributed by atoms with Gasteiger partial charge in [-0.2, -0.15) is 5.10 Å². The Balaban J connectivity index is 1.41. The van der Waals surface area contributed by atoms with Crippen molar-refractivity contribution < 1.29 is 13.6 Å². The number of amides is 1. The minimum absolute atomic E-state index is 0.146. The van der Waals surface area contributed by atoms with Gasteiger partial charge in [0.1, 0.15) is 17.4 Å². The molecular formula is C22H17FN8O2. The van der Waals surface area contributed by atoms with Crippen LogP contribution in [0.15, 0.2) is 53.5 Å². The van der Waals surface area contributed by atoms with Crippen molar-refractivity contribution in [3.05, 3.63) is 83.5 Å². The smallest absolute Gasteiger partial charge is 0.312 e. The molecule has 1 amide bonds. The van der Waals surface area contributed by atoms with E-state index in [1.165, 1.54) is 10.6 Å². The minimum Gasteiger partial charge on any atom is -0.412 e. The molecule has 0 aliphatic carbocycles. The molecule has 0 saturated carbocycles. The highest BCUT2D eigenvalue weighted by molar-refractivity contribution is 5.90. The van der Waals surface area contributed by atoms with Gasteiger partial charge in [-0.15, -0.1) is 10.2 Å². The molecular weight excluding hydrogens is 427 g/mol. The van der Waals surface area contributed by atoms with Crippen molar-refractivity contribution in [2.75, 3.05) is 6.54 Å². The molecule has 33 heavy (non-hydrogen) atoms. The highest BCUT2D eigenvalue weighted by Gasteiger charge is 2.38. The monoisotopic (exact) mass is 444 g/mol. The number of nitrogens with one attached hydrogen (secondary N) is 1. The number of aromatic nitrogens is 7. The van der Waals surface area contributed by atoms with E-state index in [-0.39, 0.29) is 11.8 Å². The molecule has 0 aromatic carbocycles. The van der Waals surface area contributed by atoms with E-state index >= 15 is 0 Å². The third kappa shape index (κ3) is 3.08. The first-order valence-electron chi connectivity index (χ1n) is 10.3. The van der Waals surface area contributed by atoms with E-state index in [1.807, 2.05) is 6.92 Å². The molecule has 0 unspecified atom stereocenters. The lowest BCUT2D eigenvalue weighted by molar-refractivity contribution is 0.0646. The molecule has 1 aliphatic rings. The highest BCUT2D eigenvalue weighted by atomic mass is 19.1. The third-order valence-corrected chi connectivity index (χ3v) is 5.78. The second-order valence-electron chi connectivity index (χ2n) is 7.72. The highest BCUT2D eigenvalue weighted by Crippen LogP contribution is 2.34. The Hall–Kier alpha value is -4.41. The number of H-pyrrole nitrogens is 1. The van der Waals surface area contributed by atoms with E-state index in [0.717, 1.165) is 5.69 Å². The Morgan fingerprint density at radius 3 is 3.00 bits per heavy atom. The number of carbonyl (C=O) groups is 1. The van der Waals surface area contributed by atoms with Gasteiger partial charge < -0.3 is 14.3 Å². The van der Waals surface area contributed by atoms with Crippen molar-refractivity contribution in [2.24, 2.45) is 0 Å². The maximum absolute atomic E-state index is 14.3. The summed E-state index contributed by atoms with van der Waals surface area (Å²) in [5.41, 5.74) is 3.73. The number of rotatable bonds is 3. The number of aromatic amines is 1. The Labute approximate surface area is 186 Å². The maximum atomic E-state index is 14.3. The lowest BCUT2D eigenvalue weighted by Crippen LogP contribution is -2.41. The van der Waals surface area contributed by atoms with Gasteiger partial charge in [-0.1, -0.05) is 0 Å². The van der Waals surface area contributed by atoms with Gasteiger partial charge in [0, 0.05) is 36.7 Å². The van der Waals surface area contributed by atoms with Crippen molar-refractivity contribution >= 4 is 11.4 Å². The summed E-state index contributed by atoms with van der Waals surface area (Å²) in [4.78, 5) is 26.8. The van der Waals surface area contributed by atoms with Gasteiger partial charge in [0.05, 0.1) is 23.3 Å². The molecule has 164 valence electrons. The van der Waals surface area contributed by atoms with Crippen LogP contribution in [0.1, 0.15) is 39.5 Å². The van der Waals surface area contributed by atoms with Crippen molar-refractivity contribution in [3.8, 4) is 11.5 Å². The van der Waals surface area contributed by atoms with Gasteiger partial charge in [-0.25, -0.2) is 13.9 Å². The first-order valence-corrected chi connectivity index (χ1v) is 10.3. The SMILES string of the molecule is Cc1ncccc1-c1nnc(C(=O)N2CCc3[nH]cnc3[C@H]2c2cc3c(F)cccn3n2)o1. The number of fused-ring (bicyclic) bond motifs is 2. The summed E-state index contributed by atoms with van der Waals surface area (Å²) in [5.74, 6) is -0.785. The van der Waals surface area contributed by atoms with Crippen LogP contribution in [0.4, 0.5) is 4.39 Å². The van der Waals surface area contributed by atoms with Crippen LogP contribution < -0.4 is 0 Å². The first-order chi connectivity index (χ1) is 16.1. The van der Waals surface area contributed by atoms with E-state index in [1.54, 1.807) is 47.9 Å². The Bertz CT molecular complexity index is 1500. The van der Waals surface area contributed by atoms with Crippen molar-refractivity contribution in [1.29, 1.82) is 0 Å². The Kier molecular flexibility index (Phi) is 4.28. The molecule has 6 rings (SSSR count). The summed E-state index contributed by atoms with van der Waals surface area (Å²) in [6.07, 6.45) is 5.47. The fraction of sp³-hybridized carbons (Fsp3) is 0.182. The van der Waals surface area contributed by atoms with Gasteiger partial charge in [-0.3, -0.25) is 9.78 Å². The van der Waals surface area contributed by atoms with Crippen LogP contribution in [0.2, 0.25) is 0 Å². The summed E-state index contributed by atoms with van der Waals surface area (Å²) >= 11 is 0. The van der Waals surface area contributed by atoms with E-state index in [0.29, 0.717) is 41.1 Å². The fourth-order valence-electron chi connectivity index (χ4n) is 4.18.